The molecular formula is C19H13BrCl2N2S. The van der Waals surface area contributed by atoms with E-state index in [1.807, 2.05) is 29.3 Å². The van der Waals surface area contributed by atoms with Gasteiger partial charge in [-0.15, -0.1) is 11.3 Å². The molecule has 126 valence electrons. The summed E-state index contributed by atoms with van der Waals surface area (Å²) in [6, 6.07) is 18.1. The van der Waals surface area contributed by atoms with Gasteiger partial charge in [-0.1, -0.05) is 57.3 Å². The molecule has 0 spiro atoms. The van der Waals surface area contributed by atoms with Gasteiger partial charge in [0.15, 0.2) is 0 Å². The van der Waals surface area contributed by atoms with E-state index in [2.05, 4.69) is 45.6 Å². The Morgan fingerprint density at radius 2 is 1.88 bits per heavy atom. The molecule has 0 bridgehead atoms. The van der Waals surface area contributed by atoms with Crippen LogP contribution in [0.25, 0.3) is 0 Å². The van der Waals surface area contributed by atoms with E-state index in [0.717, 1.165) is 27.9 Å². The van der Waals surface area contributed by atoms with Crippen LogP contribution in [0.3, 0.4) is 0 Å². The van der Waals surface area contributed by atoms with E-state index in [1.165, 1.54) is 4.88 Å². The second kappa shape index (κ2) is 7.12. The standard InChI is InChI=1S/C19H13BrCl2N2S/c20-13-5-3-12(4-6-13)16-11-18(19-2-1-9-25-19)24(23-16)17-8-7-14(21)10-15(17)22/h1-10,18H,11H2/t18-/m0/s1. The SMILES string of the molecule is Clc1ccc(N2N=C(c3ccc(Br)cc3)C[C@H]2c2cccs2)c(Cl)c1. The molecule has 0 saturated heterocycles. The highest BCUT2D eigenvalue weighted by Gasteiger charge is 2.31. The molecule has 0 N–H and O–H groups in total. The topological polar surface area (TPSA) is 15.6 Å². The van der Waals surface area contributed by atoms with Crippen molar-refractivity contribution in [3.8, 4) is 0 Å². The van der Waals surface area contributed by atoms with E-state index in [9.17, 15) is 0 Å². The molecule has 0 fully saturated rings. The van der Waals surface area contributed by atoms with Crippen molar-refractivity contribution >= 4 is 61.9 Å². The van der Waals surface area contributed by atoms with Crippen molar-refractivity contribution < 1.29 is 0 Å². The van der Waals surface area contributed by atoms with Gasteiger partial charge in [0.1, 0.15) is 0 Å². The minimum atomic E-state index is 0.136. The Balaban J connectivity index is 1.77. The Morgan fingerprint density at radius 1 is 1.08 bits per heavy atom. The Hall–Kier alpha value is -1.33. The predicted molar refractivity (Wildman–Crippen MR) is 111 cm³/mol. The van der Waals surface area contributed by atoms with Crippen LogP contribution in [0, 0.1) is 0 Å². The summed E-state index contributed by atoms with van der Waals surface area (Å²) >= 11 is 17.7. The van der Waals surface area contributed by atoms with Crippen molar-refractivity contribution in [2.45, 2.75) is 12.5 Å². The lowest BCUT2D eigenvalue weighted by Gasteiger charge is -2.23. The van der Waals surface area contributed by atoms with Crippen molar-refractivity contribution in [2.75, 3.05) is 5.01 Å². The molecule has 1 aromatic heterocycles. The van der Waals surface area contributed by atoms with Crippen molar-refractivity contribution in [3.05, 3.63) is 84.9 Å². The van der Waals surface area contributed by atoms with E-state index in [-0.39, 0.29) is 6.04 Å². The molecule has 4 rings (SSSR count). The minimum Gasteiger partial charge on any atom is -0.255 e. The Morgan fingerprint density at radius 3 is 2.56 bits per heavy atom. The lowest BCUT2D eigenvalue weighted by Crippen LogP contribution is -2.17. The van der Waals surface area contributed by atoms with E-state index in [4.69, 9.17) is 28.3 Å². The van der Waals surface area contributed by atoms with Crippen molar-refractivity contribution in [1.82, 2.24) is 0 Å². The molecule has 2 aromatic carbocycles. The van der Waals surface area contributed by atoms with Gasteiger partial charge in [0.25, 0.3) is 0 Å². The number of benzene rings is 2. The highest BCUT2D eigenvalue weighted by Crippen LogP contribution is 2.41. The summed E-state index contributed by atoms with van der Waals surface area (Å²) in [4.78, 5) is 1.27. The quantitative estimate of drug-likeness (QED) is 0.411. The number of anilines is 1. The largest absolute Gasteiger partial charge is 0.255 e. The van der Waals surface area contributed by atoms with Gasteiger partial charge in [0.05, 0.1) is 22.5 Å². The summed E-state index contributed by atoms with van der Waals surface area (Å²) in [6.07, 6.45) is 0.834. The molecule has 0 radical (unpaired) electrons. The number of nitrogens with zero attached hydrogens (tertiary/aromatic N) is 2. The first-order valence-electron chi connectivity index (χ1n) is 7.73. The molecule has 1 aliphatic heterocycles. The molecule has 1 atom stereocenters. The van der Waals surface area contributed by atoms with Crippen LogP contribution in [-0.4, -0.2) is 5.71 Å². The Kier molecular flexibility index (Phi) is 4.87. The summed E-state index contributed by atoms with van der Waals surface area (Å²) in [7, 11) is 0. The van der Waals surface area contributed by atoms with Gasteiger partial charge in [-0.2, -0.15) is 5.10 Å². The summed E-state index contributed by atoms with van der Waals surface area (Å²) < 4.78 is 1.06. The van der Waals surface area contributed by atoms with E-state index < -0.39 is 0 Å². The van der Waals surface area contributed by atoms with E-state index in [0.29, 0.717) is 10.0 Å². The number of halogens is 3. The third-order valence-electron chi connectivity index (χ3n) is 4.12. The molecule has 0 saturated carbocycles. The molecule has 3 aromatic rings. The van der Waals surface area contributed by atoms with Gasteiger partial charge in [-0.3, -0.25) is 5.01 Å². The average molecular weight is 452 g/mol. The zero-order valence-electron chi connectivity index (χ0n) is 13.0. The normalized spacial score (nSPS) is 17.0. The zero-order chi connectivity index (χ0) is 17.4. The first-order chi connectivity index (χ1) is 12.1. The molecule has 25 heavy (non-hydrogen) atoms. The fourth-order valence-electron chi connectivity index (χ4n) is 2.92. The van der Waals surface area contributed by atoms with Crippen LogP contribution in [0.15, 0.2) is 69.6 Å². The summed E-state index contributed by atoms with van der Waals surface area (Å²) in [5, 5.41) is 10.2. The molecule has 0 aliphatic carbocycles. The molecule has 2 heterocycles. The van der Waals surface area contributed by atoms with Crippen LogP contribution in [0.2, 0.25) is 10.0 Å². The monoisotopic (exact) mass is 450 g/mol. The molecule has 0 amide bonds. The van der Waals surface area contributed by atoms with Crippen LogP contribution >= 0.6 is 50.5 Å². The fraction of sp³-hybridized carbons (Fsp3) is 0.105. The van der Waals surface area contributed by atoms with Crippen molar-refractivity contribution in [3.63, 3.8) is 0 Å². The lowest BCUT2D eigenvalue weighted by molar-refractivity contribution is 0.722. The van der Waals surface area contributed by atoms with Crippen LogP contribution in [0.5, 0.6) is 0 Å². The predicted octanol–water partition coefficient (Wildman–Crippen LogP) is 7.17. The average Bonchev–Trinajstić information content (AvgIpc) is 3.24. The third-order valence-corrected chi connectivity index (χ3v) is 6.16. The number of hydrogen-bond donors (Lipinski definition) is 0. The summed E-state index contributed by atoms with van der Waals surface area (Å²) in [5.74, 6) is 0. The summed E-state index contributed by atoms with van der Waals surface area (Å²) in [6.45, 7) is 0. The molecule has 2 nitrogen and oxygen atoms in total. The fourth-order valence-corrected chi connectivity index (χ4v) is 4.49. The number of hydrogen-bond acceptors (Lipinski definition) is 3. The van der Waals surface area contributed by atoms with Gasteiger partial charge in [0, 0.05) is 20.8 Å². The second-order valence-electron chi connectivity index (χ2n) is 5.73. The summed E-state index contributed by atoms with van der Waals surface area (Å²) in [5.41, 5.74) is 3.05. The van der Waals surface area contributed by atoms with Crippen LogP contribution in [0.4, 0.5) is 5.69 Å². The third kappa shape index (κ3) is 3.49. The minimum absolute atomic E-state index is 0.136. The highest BCUT2D eigenvalue weighted by molar-refractivity contribution is 9.10. The maximum absolute atomic E-state index is 6.45. The smallest absolute Gasteiger partial charge is 0.0924 e. The number of rotatable bonds is 3. The first-order valence-corrected chi connectivity index (χ1v) is 10.2. The van der Waals surface area contributed by atoms with Gasteiger partial charge >= 0.3 is 0 Å². The molecular weight excluding hydrogens is 439 g/mol. The maximum Gasteiger partial charge on any atom is 0.0924 e. The van der Waals surface area contributed by atoms with Crippen LogP contribution in [0.1, 0.15) is 22.9 Å². The second-order valence-corrected chi connectivity index (χ2v) is 8.47. The number of hydrazone groups is 1. The molecule has 1 aliphatic rings. The van der Waals surface area contributed by atoms with Gasteiger partial charge in [-0.25, -0.2) is 0 Å². The number of thiophene rings is 1. The zero-order valence-corrected chi connectivity index (χ0v) is 16.9. The van der Waals surface area contributed by atoms with E-state index in [1.54, 1.807) is 17.4 Å². The van der Waals surface area contributed by atoms with E-state index >= 15 is 0 Å². The first kappa shape index (κ1) is 17.1. The van der Waals surface area contributed by atoms with Gasteiger partial charge in [0.2, 0.25) is 0 Å². The van der Waals surface area contributed by atoms with Crippen molar-refractivity contribution in [2.24, 2.45) is 5.10 Å². The van der Waals surface area contributed by atoms with Crippen molar-refractivity contribution in [1.29, 1.82) is 0 Å². The molecule has 6 heteroatoms. The Labute approximate surface area is 168 Å². The molecule has 0 unspecified atom stereocenters. The maximum atomic E-state index is 6.45. The van der Waals surface area contributed by atoms with Gasteiger partial charge < -0.3 is 0 Å². The Bertz CT molecular complexity index is 923. The van der Waals surface area contributed by atoms with Crippen LogP contribution in [-0.2, 0) is 0 Å². The van der Waals surface area contributed by atoms with Crippen LogP contribution < -0.4 is 5.01 Å². The lowest BCUT2D eigenvalue weighted by atomic mass is 10.0. The van der Waals surface area contributed by atoms with Gasteiger partial charge in [-0.05, 0) is 47.3 Å². The highest BCUT2D eigenvalue weighted by atomic mass is 79.9.